The lowest BCUT2D eigenvalue weighted by Gasteiger charge is -2.23. The number of aryl methyl sites for hydroxylation is 1. The molecule has 0 saturated carbocycles. The van der Waals surface area contributed by atoms with Gasteiger partial charge in [-0.05, 0) is 51.5 Å². The molecule has 0 heterocycles. The van der Waals surface area contributed by atoms with Crippen molar-refractivity contribution < 1.29 is 14.2 Å². The maximum Gasteiger partial charge on any atom is 0.193 e. The summed E-state index contributed by atoms with van der Waals surface area (Å²) >= 11 is 0. The van der Waals surface area contributed by atoms with Crippen LogP contribution in [0.5, 0.6) is 17.2 Å². The number of nitrogens with zero attached hydrogens (tertiary/aromatic N) is 1. The van der Waals surface area contributed by atoms with Crippen molar-refractivity contribution in [3.8, 4) is 17.2 Å². The summed E-state index contributed by atoms with van der Waals surface area (Å²) < 4.78 is 16.6. The molecule has 0 aliphatic heterocycles. The van der Waals surface area contributed by atoms with Gasteiger partial charge >= 0.3 is 0 Å². The van der Waals surface area contributed by atoms with E-state index in [1.807, 2.05) is 58.0 Å². The summed E-state index contributed by atoms with van der Waals surface area (Å²) in [5, 5.41) is 3.07. The normalized spacial score (nSPS) is 11.4. The van der Waals surface area contributed by atoms with E-state index in [0.717, 1.165) is 22.6 Å². The number of ether oxygens (including phenoxy) is 3. The molecule has 154 valence electrons. The van der Waals surface area contributed by atoms with Gasteiger partial charge in [-0.15, -0.1) is 24.0 Å². The summed E-state index contributed by atoms with van der Waals surface area (Å²) in [6.45, 7) is 8.52. The van der Waals surface area contributed by atoms with Gasteiger partial charge in [-0.2, -0.15) is 0 Å². The molecule has 2 aromatic rings. The number of halogens is 1. The van der Waals surface area contributed by atoms with Crippen LogP contribution in [-0.4, -0.2) is 25.8 Å². The van der Waals surface area contributed by atoms with E-state index in [0.29, 0.717) is 24.0 Å². The first kappa shape index (κ1) is 23.9. The van der Waals surface area contributed by atoms with E-state index >= 15 is 0 Å². The maximum absolute atomic E-state index is 6.06. The van der Waals surface area contributed by atoms with E-state index in [1.165, 1.54) is 0 Å². The summed E-state index contributed by atoms with van der Waals surface area (Å²) in [4.78, 5) is 4.44. The van der Waals surface area contributed by atoms with Crippen LogP contribution in [0.2, 0.25) is 0 Å². The number of nitrogens with two attached hydrogens (primary N) is 1. The summed E-state index contributed by atoms with van der Waals surface area (Å²) in [6.07, 6.45) is 0. The Kier molecular flexibility index (Phi) is 8.87. The van der Waals surface area contributed by atoms with Crippen molar-refractivity contribution >= 4 is 35.6 Å². The topological polar surface area (TPSA) is 78.1 Å². The van der Waals surface area contributed by atoms with E-state index in [2.05, 4.69) is 10.3 Å². The second-order valence-corrected chi connectivity index (χ2v) is 7.22. The van der Waals surface area contributed by atoms with E-state index in [-0.39, 0.29) is 29.6 Å². The summed E-state index contributed by atoms with van der Waals surface area (Å²) in [5.41, 5.74) is 8.65. The highest BCUT2D eigenvalue weighted by Gasteiger charge is 2.15. The number of nitrogens with one attached hydrogen (secondary N) is 1. The molecule has 0 aliphatic carbocycles. The van der Waals surface area contributed by atoms with Crippen LogP contribution in [0.1, 0.15) is 31.9 Å². The highest BCUT2D eigenvalue weighted by Crippen LogP contribution is 2.30. The van der Waals surface area contributed by atoms with Crippen molar-refractivity contribution in [2.24, 2.45) is 10.7 Å². The van der Waals surface area contributed by atoms with Crippen molar-refractivity contribution in [2.45, 2.75) is 39.8 Å². The minimum atomic E-state index is -0.282. The Balaban J connectivity index is 0.00000392. The second kappa shape index (κ2) is 10.4. The fourth-order valence-electron chi connectivity index (χ4n) is 2.49. The number of benzene rings is 2. The predicted molar refractivity (Wildman–Crippen MR) is 125 cm³/mol. The van der Waals surface area contributed by atoms with Crippen LogP contribution in [-0.2, 0) is 6.54 Å². The molecular formula is C21H30IN3O3. The number of rotatable bonds is 6. The molecule has 0 bridgehead atoms. The molecule has 0 aromatic heterocycles. The largest absolute Gasteiger partial charge is 0.493 e. The smallest absolute Gasteiger partial charge is 0.193 e. The Labute approximate surface area is 184 Å². The van der Waals surface area contributed by atoms with Gasteiger partial charge in [0.05, 0.1) is 20.8 Å². The van der Waals surface area contributed by atoms with Crippen molar-refractivity contribution in [3.63, 3.8) is 0 Å². The number of hydrogen-bond acceptors (Lipinski definition) is 4. The third kappa shape index (κ3) is 7.10. The van der Waals surface area contributed by atoms with Gasteiger partial charge in [-0.1, -0.05) is 12.1 Å². The van der Waals surface area contributed by atoms with Crippen LogP contribution in [0.3, 0.4) is 0 Å². The Morgan fingerprint density at radius 1 is 1.00 bits per heavy atom. The van der Waals surface area contributed by atoms with Crippen molar-refractivity contribution in [1.29, 1.82) is 0 Å². The number of anilines is 1. The third-order valence-corrected chi connectivity index (χ3v) is 3.71. The molecule has 0 unspecified atom stereocenters. The Morgan fingerprint density at radius 2 is 1.68 bits per heavy atom. The molecule has 7 heteroatoms. The first-order valence-electron chi connectivity index (χ1n) is 8.79. The van der Waals surface area contributed by atoms with Gasteiger partial charge in [-0.25, -0.2) is 4.99 Å². The Morgan fingerprint density at radius 3 is 2.29 bits per heavy atom. The van der Waals surface area contributed by atoms with Gasteiger partial charge in [0.25, 0.3) is 0 Å². The number of methoxy groups -OCH3 is 2. The first-order valence-corrected chi connectivity index (χ1v) is 8.79. The minimum Gasteiger partial charge on any atom is -0.493 e. The summed E-state index contributed by atoms with van der Waals surface area (Å²) in [7, 11) is 3.19. The summed E-state index contributed by atoms with van der Waals surface area (Å²) in [6, 6.07) is 11.5. The van der Waals surface area contributed by atoms with Gasteiger partial charge in [0.1, 0.15) is 11.4 Å². The fourth-order valence-corrected chi connectivity index (χ4v) is 2.49. The molecule has 0 spiro atoms. The zero-order valence-corrected chi connectivity index (χ0v) is 19.7. The number of aliphatic imine (C=N–C) groups is 1. The standard InChI is InChI=1S/C21H29N3O3.HI/c1-14-7-8-15(18(11-14)27-21(2,3)4)13-23-20(22)24-16-9-10-17(25-5)19(12-16)26-6;/h7-12H,13H2,1-6H3,(H3,22,23,24);1H. The molecule has 2 rings (SSSR count). The molecular weight excluding hydrogens is 469 g/mol. The Hall–Kier alpha value is -2.16. The van der Waals surface area contributed by atoms with Gasteiger partial charge in [0, 0.05) is 17.3 Å². The monoisotopic (exact) mass is 499 g/mol. The van der Waals surface area contributed by atoms with Crippen molar-refractivity contribution in [2.75, 3.05) is 19.5 Å². The highest BCUT2D eigenvalue weighted by atomic mass is 127. The van der Waals surface area contributed by atoms with E-state index in [4.69, 9.17) is 19.9 Å². The molecule has 0 aliphatic rings. The molecule has 28 heavy (non-hydrogen) atoms. The third-order valence-electron chi connectivity index (χ3n) is 3.71. The molecule has 0 amide bonds. The van der Waals surface area contributed by atoms with Crippen LogP contribution < -0.4 is 25.3 Å². The van der Waals surface area contributed by atoms with Crippen LogP contribution in [0.15, 0.2) is 41.4 Å². The van der Waals surface area contributed by atoms with E-state index < -0.39 is 0 Å². The lowest BCUT2D eigenvalue weighted by Crippen LogP contribution is -2.24. The maximum atomic E-state index is 6.06. The van der Waals surface area contributed by atoms with Gasteiger partial charge in [0.15, 0.2) is 17.5 Å². The molecule has 0 saturated heterocycles. The van der Waals surface area contributed by atoms with E-state index in [1.54, 1.807) is 20.3 Å². The van der Waals surface area contributed by atoms with Gasteiger partial charge in [0.2, 0.25) is 0 Å². The molecule has 2 aromatic carbocycles. The minimum absolute atomic E-state index is 0. The molecule has 6 nitrogen and oxygen atoms in total. The highest BCUT2D eigenvalue weighted by molar-refractivity contribution is 14.0. The van der Waals surface area contributed by atoms with Crippen LogP contribution in [0.25, 0.3) is 0 Å². The van der Waals surface area contributed by atoms with Crippen LogP contribution in [0.4, 0.5) is 5.69 Å². The summed E-state index contributed by atoms with van der Waals surface area (Å²) in [5.74, 6) is 2.41. The predicted octanol–water partition coefficient (Wildman–Crippen LogP) is 4.73. The fraction of sp³-hybridized carbons (Fsp3) is 0.381. The average molecular weight is 499 g/mol. The number of guanidine groups is 1. The zero-order valence-electron chi connectivity index (χ0n) is 17.3. The quantitative estimate of drug-likeness (QED) is 0.341. The van der Waals surface area contributed by atoms with Gasteiger partial charge in [-0.3, -0.25) is 0 Å². The molecule has 3 N–H and O–H groups in total. The van der Waals surface area contributed by atoms with E-state index in [9.17, 15) is 0 Å². The zero-order chi connectivity index (χ0) is 20.0. The SMILES string of the molecule is COc1ccc(NC(N)=NCc2ccc(C)cc2OC(C)(C)C)cc1OC.I. The molecule has 0 radical (unpaired) electrons. The van der Waals surface area contributed by atoms with Crippen molar-refractivity contribution in [1.82, 2.24) is 0 Å². The average Bonchev–Trinajstić information content (AvgIpc) is 2.59. The van der Waals surface area contributed by atoms with Crippen molar-refractivity contribution in [3.05, 3.63) is 47.5 Å². The lowest BCUT2D eigenvalue weighted by molar-refractivity contribution is 0.129. The number of hydrogen-bond donors (Lipinski definition) is 2. The van der Waals surface area contributed by atoms with Gasteiger partial charge < -0.3 is 25.3 Å². The molecule has 0 fully saturated rings. The first-order chi connectivity index (χ1) is 12.7. The van der Waals surface area contributed by atoms with Crippen LogP contribution >= 0.6 is 24.0 Å². The second-order valence-electron chi connectivity index (χ2n) is 7.22. The van der Waals surface area contributed by atoms with Crippen LogP contribution in [0, 0.1) is 6.92 Å². The Bertz CT molecular complexity index is 817. The lowest BCUT2D eigenvalue weighted by atomic mass is 10.1. The molecule has 0 atom stereocenters.